The number of piperidine rings is 1. The highest BCUT2D eigenvalue weighted by atomic mass is 16.5. The summed E-state index contributed by atoms with van der Waals surface area (Å²) < 4.78 is 5.50. The van der Waals surface area contributed by atoms with Crippen LogP contribution < -0.4 is 5.32 Å². The molecular weight excluding hydrogens is 188 g/mol. The van der Waals surface area contributed by atoms with Crippen LogP contribution in [-0.4, -0.2) is 50.3 Å². The zero-order valence-corrected chi connectivity index (χ0v) is 9.91. The number of nitrogens with one attached hydrogen (secondary N) is 1. The van der Waals surface area contributed by atoms with Gasteiger partial charge in [-0.3, -0.25) is 4.90 Å². The highest BCUT2D eigenvalue weighted by Gasteiger charge is 2.37. The van der Waals surface area contributed by atoms with Crippen LogP contribution in [0, 0.1) is 6.42 Å². The molecule has 0 aliphatic carbocycles. The third kappa shape index (κ3) is 2.52. The Morgan fingerprint density at radius 1 is 1.40 bits per heavy atom. The quantitative estimate of drug-likeness (QED) is 0.735. The minimum absolute atomic E-state index is 0.344. The molecule has 3 heteroatoms. The lowest BCUT2D eigenvalue weighted by molar-refractivity contribution is 0.0401. The Bertz CT molecular complexity index is 182. The molecule has 0 aromatic heterocycles. The molecule has 2 rings (SSSR count). The Kier molecular flexibility index (Phi) is 4.00. The molecule has 2 fully saturated rings. The van der Waals surface area contributed by atoms with Crippen LogP contribution >= 0.6 is 0 Å². The van der Waals surface area contributed by atoms with Crippen molar-refractivity contribution in [3.05, 3.63) is 6.42 Å². The van der Waals surface area contributed by atoms with Gasteiger partial charge in [-0.05, 0) is 39.2 Å². The van der Waals surface area contributed by atoms with Crippen molar-refractivity contribution < 1.29 is 4.74 Å². The summed E-state index contributed by atoms with van der Waals surface area (Å²) >= 11 is 0. The fourth-order valence-electron chi connectivity index (χ4n) is 2.99. The molecule has 1 radical (unpaired) electrons. The third-order valence-electron chi connectivity index (χ3n) is 3.83. The van der Waals surface area contributed by atoms with Crippen LogP contribution in [0.1, 0.15) is 25.7 Å². The number of nitrogens with zero attached hydrogens (tertiary/aromatic N) is 1. The molecule has 87 valence electrons. The molecule has 0 saturated carbocycles. The number of ether oxygens (including phenoxy) is 1. The van der Waals surface area contributed by atoms with Crippen LogP contribution in [0.5, 0.6) is 0 Å². The van der Waals surface area contributed by atoms with E-state index in [0.717, 1.165) is 25.2 Å². The molecule has 0 spiro atoms. The van der Waals surface area contributed by atoms with E-state index >= 15 is 0 Å². The van der Waals surface area contributed by atoms with E-state index in [9.17, 15) is 0 Å². The minimum atomic E-state index is 0.344. The largest absolute Gasteiger partial charge is 0.379 e. The number of hydrogen-bond acceptors (Lipinski definition) is 3. The molecule has 15 heavy (non-hydrogen) atoms. The average molecular weight is 211 g/mol. The first-order chi connectivity index (χ1) is 7.35. The molecular formula is C12H23N2O. The van der Waals surface area contributed by atoms with E-state index in [-0.39, 0.29) is 0 Å². The Morgan fingerprint density at radius 2 is 2.07 bits per heavy atom. The highest BCUT2D eigenvalue weighted by molar-refractivity contribution is 4.98. The fourth-order valence-corrected chi connectivity index (χ4v) is 2.99. The van der Waals surface area contributed by atoms with Gasteiger partial charge in [-0.1, -0.05) is 0 Å². The number of methoxy groups -OCH3 is 1. The van der Waals surface area contributed by atoms with E-state index in [1.807, 2.05) is 14.2 Å². The predicted octanol–water partition coefficient (Wildman–Crippen LogP) is 1.05. The second-order valence-electron chi connectivity index (χ2n) is 4.76. The maximum Gasteiger partial charge on any atom is 0.0822 e. The first-order valence-electron chi connectivity index (χ1n) is 6.10. The first-order valence-corrected chi connectivity index (χ1v) is 6.10. The standard InChI is InChI=1S/C12H23N2O/c1-13-8-12(15-2)9-14-10-4-3-5-11(14)7-6-10/h3,10-13H,4-9H2,1-2H3/t10-,11+,12?. The van der Waals surface area contributed by atoms with Crippen LogP contribution in [0.15, 0.2) is 0 Å². The molecule has 3 nitrogen and oxygen atoms in total. The van der Waals surface area contributed by atoms with Gasteiger partial charge in [0, 0.05) is 32.3 Å². The molecule has 3 atom stereocenters. The molecule has 0 aromatic rings. The maximum atomic E-state index is 5.50. The summed E-state index contributed by atoms with van der Waals surface area (Å²) in [5.74, 6) is 0. The van der Waals surface area contributed by atoms with E-state index in [4.69, 9.17) is 4.74 Å². The smallest absolute Gasteiger partial charge is 0.0822 e. The first kappa shape index (κ1) is 11.4. The van der Waals surface area contributed by atoms with Crippen LogP contribution in [-0.2, 0) is 4.74 Å². The molecule has 2 bridgehead atoms. The third-order valence-corrected chi connectivity index (χ3v) is 3.83. The molecule has 2 saturated heterocycles. The lowest BCUT2D eigenvalue weighted by Crippen LogP contribution is -2.46. The Hall–Kier alpha value is -0.120. The Balaban J connectivity index is 1.87. The molecule has 0 amide bonds. The van der Waals surface area contributed by atoms with Crippen molar-refractivity contribution >= 4 is 0 Å². The number of likely N-dealkylation sites (N-methyl/N-ethyl adjacent to an activating group) is 1. The van der Waals surface area contributed by atoms with Gasteiger partial charge in [0.25, 0.3) is 0 Å². The van der Waals surface area contributed by atoms with Crippen LogP contribution in [0.25, 0.3) is 0 Å². The monoisotopic (exact) mass is 211 g/mol. The molecule has 2 aliphatic rings. The van der Waals surface area contributed by atoms with Crippen molar-refractivity contribution in [2.45, 2.75) is 43.9 Å². The lowest BCUT2D eigenvalue weighted by Gasteiger charge is -2.36. The summed E-state index contributed by atoms with van der Waals surface area (Å²) in [5, 5.41) is 3.20. The van der Waals surface area contributed by atoms with Gasteiger partial charge in [0.15, 0.2) is 0 Å². The summed E-state index contributed by atoms with van der Waals surface area (Å²) in [5.41, 5.74) is 0. The van der Waals surface area contributed by atoms with Gasteiger partial charge in [0.05, 0.1) is 6.10 Å². The van der Waals surface area contributed by atoms with E-state index < -0.39 is 0 Å². The summed E-state index contributed by atoms with van der Waals surface area (Å²) in [6.45, 7) is 2.05. The van der Waals surface area contributed by atoms with Crippen LogP contribution in [0.3, 0.4) is 0 Å². The number of fused-ring (bicyclic) bond motifs is 2. The molecule has 1 unspecified atom stereocenters. The number of rotatable bonds is 5. The molecule has 0 aromatic carbocycles. The van der Waals surface area contributed by atoms with Gasteiger partial charge < -0.3 is 10.1 Å². The van der Waals surface area contributed by atoms with Crippen LogP contribution in [0.4, 0.5) is 0 Å². The predicted molar refractivity (Wildman–Crippen MR) is 61.8 cm³/mol. The molecule has 1 N–H and O–H groups in total. The van der Waals surface area contributed by atoms with E-state index in [2.05, 4.69) is 16.6 Å². The van der Waals surface area contributed by atoms with Gasteiger partial charge >= 0.3 is 0 Å². The summed E-state index contributed by atoms with van der Waals surface area (Å²) in [6.07, 6.45) is 8.16. The highest BCUT2D eigenvalue weighted by Crippen LogP contribution is 2.34. The van der Waals surface area contributed by atoms with Gasteiger partial charge in [-0.25, -0.2) is 0 Å². The Morgan fingerprint density at radius 3 is 2.60 bits per heavy atom. The van der Waals surface area contributed by atoms with Crippen molar-refractivity contribution in [3.8, 4) is 0 Å². The average Bonchev–Trinajstić information content (AvgIpc) is 2.51. The minimum Gasteiger partial charge on any atom is -0.379 e. The lowest BCUT2D eigenvalue weighted by atomic mass is 10.0. The second-order valence-corrected chi connectivity index (χ2v) is 4.76. The van der Waals surface area contributed by atoms with E-state index in [1.165, 1.54) is 25.7 Å². The maximum absolute atomic E-state index is 5.50. The molecule has 2 aliphatic heterocycles. The van der Waals surface area contributed by atoms with Gasteiger partial charge in [0.1, 0.15) is 0 Å². The van der Waals surface area contributed by atoms with Crippen molar-refractivity contribution in [3.63, 3.8) is 0 Å². The van der Waals surface area contributed by atoms with Crippen molar-refractivity contribution in [1.82, 2.24) is 10.2 Å². The normalized spacial score (nSPS) is 33.2. The van der Waals surface area contributed by atoms with Gasteiger partial charge in [-0.2, -0.15) is 0 Å². The van der Waals surface area contributed by atoms with Crippen molar-refractivity contribution in [2.75, 3.05) is 27.2 Å². The second kappa shape index (κ2) is 5.28. The zero-order chi connectivity index (χ0) is 10.7. The number of hydrogen-bond donors (Lipinski definition) is 1. The Labute approximate surface area is 93.2 Å². The van der Waals surface area contributed by atoms with Gasteiger partial charge in [0.2, 0.25) is 0 Å². The van der Waals surface area contributed by atoms with Crippen molar-refractivity contribution in [1.29, 1.82) is 0 Å². The van der Waals surface area contributed by atoms with Gasteiger partial charge in [-0.15, -0.1) is 0 Å². The fraction of sp³-hybridized carbons (Fsp3) is 0.917. The molecule has 2 heterocycles. The van der Waals surface area contributed by atoms with E-state index in [1.54, 1.807) is 0 Å². The van der Waals surface area contributed by atoms with E-state index in [0.29, 0.717) is 6.10 Å². The topological polar surface area (TPSA) is 24.5 Å². The van der Waals surface area contributed by atoms with Crippen LogP contribution in [0.2, 0.25) is 0 Å². The summed E-state index contributed by atoms with van der Waals surface area (Å²) in [4.78, 5) is 2.67. The summed E-state index contributed by atoms with van der Waals surface area (Å²) in [6, 6.07) is 1.61. The van der Waals surface area contributed by atoms with Crippen molar-refractivity contribution in [2.24, 2.45) is 0 Å². The zero-order valence-electron chi connectivity index (χ0n) is 9.91. The summed E-state index contributed by atoms with van der Waals surface area (Å²) in [7, 11) is 3.81. The SMILES string of the molecule is CNCC(CN1[C@@H]2C[CH]C[C@H]1CC2)OC.